The lowest BCUT2D eigenvalue weighted by Crippen LogP contribution is -2.12. The standard InChI is InChI=1S/C18H15ClN2O4S/c1-11-20-17(10-25-11)15-9-13(5-8-16(15)19)21-18(22)12-3-6-14(7-4-12)26(2,23)24/h3-10H,1-2H3,(H,21,22). The molecule has 0 saturated carbocycles. The first-order valence-electron chi connectivity index (χ1n) is 7.57. The molecule has 0 bridgehead atoms. The van der Waals surface area contributed by atoms with Crippen molar-refractivity contribution >= 4 is 33.0 Å². The Kier molecular flexibility index (Phi) is 4.84. The second-order valence-electron chi connectivity index (χ2n) is 5.70. The summed E-state index contributed by atoms with van der Waals surface area (Å²) in [5.74, 6) is 0.145. The second-order valence-corrected chi connectivity index (χ2v) is 8.12. The molecular formula is C18H15ClN2O4S. The van der Waals surface area contributed by atoms with Gasteiger partial charge in [0.1, 0.15) is 12.0 Å². The normalized spacial score (nSPS) is 11.3. The molecule has 1 amide bonds. The zero-order valence-corrected chi connectivity index (χ0v) is 15.6. The topological polar surface area (TPSA) is 89.3 Å². The van der Waals surface area contributed by atoms with E-state index in [0.29, 0.717) is 33.4 Å². The van der Waals surface area contributed by atoms with Crippen LogP contribution in [0.2, 0.25) is 5.02 Å². The summed E-state index contributed by atoms with van der Waals surface area (Å²) in [5, 5.41) is 3.24. The van der Waals surface area contributed by atoms with Gasteiger partial charge in [-0.1, -0.05) is 11.6 Å². The van der Waals surface area contributed by atoms with E-state index < -0.39 is 9.84 Å². The van der Waals surface area contributed by atoms with Crippen LogP contribution in [0, 0.1) is 6.92 Å². The molecule has 0 fully saturated rings. The SMILES string of the molecule is Cc1nc(-c2cc(NC(=O)c3ccc(S(C)(=O)=O)cc3)ccc2Cl)co1. The van der Waals surface area contributed by atoms with Gasteiger partial charge in [0.2, 0.25) is 0 Å². The Balaban J connectivity index is 1.83. The van der Waals surface area contributed by atoms with Crippen LogP contribution in [0.4, 0.5) is 5.69 Å². The summed E-state index contributed by atoms with van der Waals surface area (Å²) in [6.07, 6.45) is 2.61. The Bertz CT molecular complexity index is 1070. The van der Waals surface area contributed by atoms with Crippen LogP contribution in [0.5, 0.6) is 0 Å². The van der Waals surface area contributed by atoms with Crippen molar-refractivity contribution in [3.8, 4) is 11.3 Å². The summed E-state index contributed by atoms with van der Waals surface area (Å²) in [5.41, 5.74) is 2.07. The highest BCUT2D eigenvalue weighted by Crippen LogP contribution is 2.30. The molecule has 6 nitrogen and oxygen atoms in total. The smallest absolute Gasteiger partial charge is 0.255 e. The van der Waals surface area contributed by atoms with Gasteiger partial charge in [-0.25, -0.2) is 13.4 Å². The Hall–Kier alpha value is -2.64. The molecule has 8 heteroatoms. The summed E-state index contributed by atoms with van der Waals surface area (Å²) < 4.78 is 28.2. The molecule has 3 aromatic rings. The van der Waals surface area contributed by atoms with Gasteiger partial charge in [-0.15, -0.1) is 0 Å². The lowest BCUT2D eigenvalue weighted by atomic mass is 10.1. The van der Waals surface area contributed by atoms with E-state index in [1.54, 1.807) is 25.1 Å². The monoisotopic (exact) mass is 390 g/mol. The maximum atomic E-state index is 12.4. The van der Waals surface area contributed by atoms with Crippen LogP contribution >= 0.6 is 11.6 Å². The van der Waals surface area contributed by atoms with Gasteiger partial charge in [0.15, 0.2) is 15.7 Å². The van der Waals surface area contributed by atoms with Crippen LogP contribution in [0.25, 0.3) is 11.3 Å². The number of sulfone groups is 1. The fourth-order valence-corrected chi connectivity index (χ4v) is 3.19. The molecule has 0 saturated heterocycles. The molecule has 0 radical (unpaired) electrons. The van der Waals surface area contributed by atoms with Gasteiger partial charge in [-0.2, -0.15) is 0 Å². The highest BCUT2D eigenvalue weighted by Gasteiger charge is 2.13. The van der Waals surface area contributed by atoms with E-state index in [9.17, 15) is 13.2 Å². The number of carbonyl (C=O) groups is 1. The summed E-state index contributed by atoms with van der Waals surface area (Å²) in [6.45, 7) is 1.73. The number of aromatic nitrogens is 1. The number of aryl methyl sites for hydroxylation is 1. The van der Waals surface area contributed by atoms with Crippen molar-refractivity contribution in [2.45, 2.75) is 11.8 Å². The predicted molar refractivity (Wildman–Crippen MR) is 99.2 cm³/mol. The third kappa shape index (κ3) is 3.95. The number of hydrogen-bond donors (Lipinski definition) is 1. The van der Waals surface area contributed by atoms with E-state index in [0.717, 1.165) is 6.26 Å². The number of nitrogens with one attached hydrogen (secondary N) is 1. The van der Waals surface area contributed by atoms with Gasteiger partial charge in [0.25, 0.3) is 5.91 Å². The Morgan fingerprint density at radius 3 is 2.42 bits per heavy atom. The number of anilines is 1. The van der Waals surface area contributed by atoms with Crippen LogP contribution in [0.3, 0.4) is 0 Å². The molecule has 0 atom stereocenters. The molecule has 0 unspecified atom stereocenters. The lowest BCUT2D eigenvalue weighted by Gasteiger charge is -2.08. The fourth-order valence-electron chi connectivity index (χ4n) is 2.34. The molecule has 0 aliphatic rings. The van der Waals surface area contributed by atoms with E-state index in [1.165, 1.54) is 30.5 Å². The van der Waals surface area contributed by atoms with E-state index in [1.807, 2.05) is 0 Å². The maximum absolute atomic E-state index is 12.4. The summed E-state index contributed by atoms with van der Waals surface area (Å²) in [6, 6.07) is 10.7. The first kappa shape index (κ1) is 18.2. The van der Waals surface area contributed by atoms with Crippen molar-refractivity contribution in [3.63, 3.8) is 0 Å². The summed E-state index contributed by atoms with van der Waals surface area (Å²) >= 11 is 6.20. The maximum Gasteiger partial charge on any atom is 0.255 e. The van der Waals surface area contributed by atoms with Crippen molar-refractivity contribution < 1.29 is 17.6 Å². The van der Waals surface area contributed by atoms with Crippen molar-refractivity contribution in [1.82, 2.24) is 4.98 Å². The van der Waals surface area contributed by atoms with E-state index in [2.05, 4.69) is 10.3 Å². The molecule has 0 aliphatic heterocycles. The number of nitrogens with zero attached hydrogens (tertiary/aromatic N) is 1. The van der Waals surface area contributed by atoms with E-state index in [-0.39, 0.29) is 10.8 Å². The Morgan fingerprint density at radius 2 is 1.85 bits per heavy atom. The van der Waals surface area contributed by atoms with Gasteiger partial charge in [-0.3, -0.25) is 4.79 Å². The molecule has 26 heavy (non-hydrogen) atoms. The van der Waals surface area contributed by atoms with Crippen molar-refractivity contribution in [3.05, 3.63) is 65.2 Å². The second kappa shape index (κ2) is 6.93. The molecule has 0 spiro atoms. The Labute approximate surface area is 155 Å². The minimum Gasteiger partial charge on any atom is -0.449 e. The summed E-state index contributed by atoms with van der Waals surface area (Å²) in [4.78, 5) is 16.8. The third-order valence-electron chi connectivity index (χ3n) is 3.66. The predicted octanol–water partition coefficient (Wildman–Crippen LogP) is 3.96. The third-order valence-corrected chi connectivity index (χ3v) is 5.12. The Morgan fingerprint density at radius 1 is 1.15 bits per heavy atom. The van der Waals surface area contributed by atoms with Gasteiger partial charge < -0.3 is 9.73 Å². The van der Waals surface area contributed by atoms with Gasteiger partial charge in [-0.05, 0) is 42.5 Å². The molecule has 134 valence electrons. The average Bonchev–Trinajstić information content (AvgIpc) is 3.02. The van der Waals surface area contributed by atoms with E-state index >= 15 is 0 Å². The van der Waals surface area contributed by atoms with Crippen molar-refractivity contribution in [1.29, 1.82) is 0 Å². The number of amides is 1. The number of carbonyl (C=O) groups excluding carboxylic acids is 1. The summed E-state index contributed by atoms with van der Waals surface area (Å²) in [7, 11) is -3.31. The molecular weight excluding hydrogens is 376 g/mol. The van der Waals surface area contributed by atoms with E-state index in [4.69, 9.17) is 16.0 Å². The van der Waals surface area contributed by atoms with Gasteiger partial charge in [0.05, 0.1) is 9.92 Å². The van der Waals surface area contributed by atoms with Crippen LogP contribution < -0.4 is 5.32 Å². The van der Waals surface area contributed by atoms with Crippen LogP contribution in [-0.4, -0.2) is 25.6 Å². The van der Waals surface area contributed by atoms with Gasteiger partial charge >= 0.3 is 0 Å². The zero-order valence-electron chi connectivity index (χ0n) is 14.0. The number of benzene rings is 2. The molecule has 1 N–H and O–H groups in total. The van der Waals surface area contributed by atoms with Crippen LogP contribution in [0.15, 0.2) is 58.0 Å². The molecule has 0 aliphatic carbocycles. The number of halogens is 1. The lowest BCUT2D eigenvalue weighted by molar-refractivity contribution is 0.102. The van der Waals surface area contributed by atoms with Gasteiger partial charge in [0, 0.05) is 30.0 Å². The average molecular weight is 391 g/mol. The molecule has 1 aromatic heterocycles. The quantitative estimate of drug-likeness (QED) is 0.728. The fraction of sp³-hybridized carbons (Fsp3) is 0.111. The van der Waals surface area contributed by atoms with Crippen LogP contribution in [-0.2, 0) is 9.84 Å². The number of rotatable bonds is 4. The number of oxazole rings is 1. The highest BCUT2D eigenvalue weighted by molar-refractivity contribution is 7.90. The molecule has 1 heterocycles. The minimum absolute atomic E-state index is 0.157. The number of hydrogen-bond acceptors (Lipinski definition) is 5. The van der Waals surface area contributed by atoms with Crippen molar-refractivity contribution in [2.24, 2.45) is 0 Å². The molecule has 2 aromatic carbocycles. The first-order chi connectivity index (χ1) is 12.2. The first-order valence-corrected chi connectivity index (χ1v) is 9.84. The zero-order chi connectivity index (χ0) is 18.9. The minimum atomic E-state index is -3.31. The van der Waals surface area contributed by atoms with Crippen LogP contribution in [0.1, 0.15) is 16.2 Å². The molecule has 3 rings (SSSR count). The highest BCUT2D eigenvalue weighted by atomic mass is 35.5. The largest absolute Gasteiger partial charge is 0.449 e. The van der Waals surface area contributed by atoms with Crippen molar-refractivity contribution in [2.75, 3.05) is 11.6 Å².